The number of hydrogen-bond donors (Lipinski definition) is 2. The van der Waals surface area contributed by atoms with Gasteiger partial charge in [-0.25, -0.2) is 4.39 Å². The van der Waals surface area contributed by atoms with Crippen molar-refractivity contribution in [3.63, 3.8) is 0 Å². The standard InChI is InChI=1S/C13H12FN3O2/c1-8-2-4-10(7-16-8)19-12-5-3-9(6-11(12)14)13(15)17-18/h2-7,18H,1H3,(H2,15,17). The number of benzene rings is 1. The number of pyridine rings is 1. The van der Waals surface area contributed by atoms with Gasteiger partial charge in [0.2, 0.25) is 0 Å². The van der Waals surface area contributed by atoms with E-state index in [0.717, 1.165) is 11.8 Å². The maximum Gasteiger partial charge on any atom is 0.170 e. The van der Waals surface area contributed by atoms with Crippen molar-refractivity contribution in [3.05, 3.63) is 53.6 Å². The molecule has 98 valence electrons. The van der Waals surface area contributed by atoms with Crippen molar-refractivity contribution in [3.8, 4) is 11.5 Å². The predicted molar refractivity (Wildman–Crippen MR) is 68.0 cm³/mol. The van der Waals surface area contributed by atoms with E-state index in [0.29, 0.717) is 5.75 Å². The molecule has 2 aromatic rings. The van der Waals surface area contributed by atoms with Crippen molar-refractivity contribution in [2.24, 2.45) is 10.9 Å². The smallest absolute Gasteiger partial charge is 0.170 e. The van der Waals surface area contributed by atoms with Crippen molar-refractivity contribution >= 4 is 5.84 Å². The maximum absolute atomic E-state index is 13.8. The largest absolute Gasteiger partial charge is 0.453 e. The van der Waals surface area contributed by atoms with Crippen LogP contribution in [0.1, 0.15) is 11.3 Å². The number of nitrogens with zero attached hydrogens (tertiary/aromatic N) is 2. The van der Waals surface area contributed by atoms with E-state index in [-0.39, 0.29) is 17.1 Å². The minimum Gasteiger partial charge on any atom is -0.453 e. The number of ether oxygens (including phenoxy) is 1. The Kier molecular flexibility index (Phi) is 3.61. The Morgan fingerprint density at radius 1 is 1.37 bits per heavy atom. The normalized spacial score (nSPS) is 11.4. The lowest BCUT2D eigenvalue weighted by Crippen LogP contribution is -2.13. The molecule has 0 radical (unpaired) electrons. The first-order valence-corrected chi connectivity index (χ1v) is 5.48. The number of aryl methyl sites for hydroxylation is 1. The summed E-state index contributed by atoms with van der Waals surface area (Å²) in [5.74, 6) is -0.298. The fourth-order valence-electron chi connectivity index (χ4n) is 1.44. The summed E-state index contributed by atoms with van der Waals surface area (Å²) in [5.41, 5.74) is 6.48. The molecule has 0 fully saturated rings. The summed E-state index contributed by atoms with van der Waals surface area (Å²) in [6.07, 6.45) is 1.51. The summed E-state index contributed by atoms with van der Waals surface area (Å²) in [4.78, 5) is 4.04. The second kappa shape index (κ2) is 5.34. The summed E-state index contributed by atoms with van der Waals surface area (Å²) < 4.78 is 19.1. The zero-order valence-corrected chi connectivity index (χ0v) is 10.2. The van der Waals surface area contributed by atoms with Crippen LogP contribution in [-0.2, 0) is 0 Å². The Labute approximate surface area is 109 Å². The van der Waals surface area contributed by atoms with Crippen molar-refractivity contribution in [1.29, 1.82) is 0 Å². The Hall–Kier alpha value is -2.63. The molecular weight excluding hydrogens is 249 g/mol. The van der Waals surface area contributed by atoms with Crippen LogP contribution in [-0.4, -0.2) is 16.0 Å². The van der Waals surface area contributed by atoms with E-state index >= 15 is 0 Å². The first-order valence-electron chi connectivity index (χ1n) is 5.48. The van der Waals surface area contributed by atoms with Gasteiger partial charge in [0.15, 0.2) is 17.4 Å². The molecule has 19 heavy (non-hydrogen) atoms. The van der Waals surface area contributed by atoms with Crippen molar-refractivity contribution < 1.29 is 14.3 Å². The molecule has 6 heteroatoms. The van der Waals surface area contributed by atoms with Gasteiger partial charge in [0.25, 0.3) is 0 Å². The fraction of sp³-hybridized carbons (Fsp3) is 0.0769. The number of nitrogens with two attached hydrogens (primary N) is 1. The van der Waals surface area contributed by atoms with Crippen LogP contribution in [0, 0.1) is 12.7 Å². The molecule has 1 aromatic carbocycles. The molecular formula is C13H12FN3O2. The van der Waals surface area contributed by atoms with Gasteiger partial charge < -0.3 is 15.7 Å². The monoisotopic (exact) mass is 261 g/mol. The van der Waals surface area contributed by atoms with E-state index in [1.54, 1.807) is 12.1 Å². The van der Waals surface area contributed by atoms with Crippen molar-refractivity contribution in [1.82, 2.24) is 4.98 Å². The summed E-state index contributed by atoms with van der Waals surface area (Å²) in [6.45, 7) is 1.84. The zero-order chi connectivity index (χ0) is 13.8. The molecule has 3 N–H and O–H groups in total. The minimum atomic E-state index is -0.607. The second-order valence-corrected chi connectivity index (χ2v) is 3.87. The highest BCUT2D eigenvalue weighted by atomic mass is 19.1. The molecule has 0 saturated carbocycles. The second-order valence-electron chi connectivity index (χ2n) is 3.87. The van der Waals surface area contributed by atoms with Crippen LogP contribution in [0.25, 0.3) is 0 Å². The summed E-state index contributed by atoms with van der Waals surface area (Å²) in [7, 11) is 0. The highest BCUT2D eigenvalue weighted by Crippen LogP contribution is 2.24. The molecule has 0 unspecified atom stereocenters. The quantitative estimate of drug-likeness (QED) is 0.385. The zero-order valence-electron chi connectivity index (χ0n) is 10.2. The molecule has 0 atom stereocenters. The van der Waals surface area contributed by atoms with Gasteiger partial charge in [-0.15, -0.1) is 0 Å². The van der Waals surface area contributed by atoms with Gasteiger partial charge in [-0.3, -0.25) is 4.98 Å². The van der Waals surface area contributed by atoms with Crippen LogP contribution < -0.4 is 10.5 Å². The summed E-state index contributed by atoms with van der Waals surface area (Å²) >= 11 is 0. The van der Waals surface area contributed by atoms with Crippen LogP contribution in [0.2, 0.25) is 0 Å². The van der Waals surface area contributed by atoms with Gasteiger partial charge in [0.05, 0.1) is 6.20 Å². The lowest BCUT2D eigenvalue weighted by Gasteiger charge is -2.07. The molecule has 2 rings (SSSR count). The Bertz CT molecular complexity index is 612. The van der Waals surface area contributed by atoms with Crippen molar-refractivity contribution in [2.45, 2.75) is 6.92 Å². The molecule has 0 saturated heterocycles. The van der Waals surface area contributed by atoms with E-state index in [1.165, 1.54) is 18.3 Å². The minimum absolute atomic E-state index is 0.0418. The molecule has 0 aliphatic rings. The number of aromatic nitrogens is 1. The number of hydrogen-bond acceptors (Lipinski definition) is 4. The van der Waals surface area contributed by atoms with Crippen LogP contribution in [0.4, 0.5) is 4.39 Å². The average molecular weight is 261 g/mol. The predicted octanol–water partition coefficient (Wildman–Crippen LogP) is 2.42. The first kappa shape index (κ1) is 12.8. The van der Waals surface area contributed by atoms with E-state index in [9.17, 15) is 4.39 Å². The lowest BCUT2D eigenvalue weighted by atomic mass is 10.2. The number of rotatable bonds is 3. The molecule has 0 spiro atoms. The number of oxime groups is 1. The van der Waals surface area contributed by atoms with E-state index in [2.05, 4.69) is 10.1 Å². The summed E-state index contributed by atoms with van der Waals surface area (Å²) in [5, 5.41) is 11.3. The van der Waals surface area contributed by atoms with Crippen LogP contribution in [0.15, 0.2) is 41.7 Å². The fourth-order valence-corrected chi connectivity index (χ4v) is 1.44. The highest BCUT2D eigenvalue weighted by Gasteiger charge is 2.08. The van der Waals surface area contributed by atoms with Crippen LogP contribution in [0.5, 0.6) is 11.5 Å². The van der Waals surface area contributed by atoms with Crippen molar-refractivity contribution in [2.75, 3.05) is 0 Å². The molecule has 1 aromatic heterocycles. The third-order valence-electron chi connectivity index (χ3n) is 2.45. The molecule has 0 bridgehead atoms. The highest BCUT2D eigenvalue weighted by molar-refractivity contribution is 5.97. The number of halogens is 1. The third kappa shape index (κ3) is 2.98. The van der Waals surface area contributed by atoms with E-state index in [1.807, 2.05) is 6.92 Å². The van der Waals surface area contributed by atoms with Crippen LogP contribution in [0.3, 0.4) is 0 Å². The third-order valence-corrected chi connectivity index (χ3v) is 2.45. The van der Waals surface area contributed by atoms with Crippen LogP contribution >= 0.6 is 0 Å². The van der Waals surface area contributed by atoms with E-state index in [4.69, 9.17) is 15.7 Å². The molecule has 1 heterocycles. The van der Waals surface area contributed by atoms with Gasteiger partial charge in [-0.2, -0.15) is 0 Å². The molecule has 0 amide bonds. The molecule has 5 nitrogen and oxygen atoms in total. The molecule has 0 aliphatic heterocycles. The Balaban J connectivity index is 2.24. The average Bonchev–Trinajstić information content (AvgIpc) is 2.42. The maximum atomic E-state index is 13.8. The SMILES string of the molecule is Cc1ccc(Oc2ccc(C(N)=NO)cc2F)cn1. The lowest BCUT2D eigenvalue weighted by molar-refractivity contribution is 0.318. The Morgan fingerprint density at radius 2 is 2.16 bits per heavy atom. The van der Waals surface area contributed by atoms with Gasteiger partial charge in [-0.1, -0.05) is 5.16 Å². The van der Waals surface area contributed by atoms with Gasteiger partial charge >= 0.3 is 0 Å². The van der Waals surface area contributed by atoms with Gasteiger partial charge in [0, 0.05) is 11.3 Å². The summed E-state index contributed by atoms with van der Waals surface area (Å²) in [6, 6.07) is 7.49. The number of amidine groups is 1. The van der Waals surface area contributed by atoms with Gasteiger partial charge in [0.1, 0.15) is 5.75 Å². The first-order chi connectivity index (χ1) is 9.10. The molecule has 0 aliphatic carbocycles. The van der Waals surface area contributed by atoms with Gasteiger partial charge in [-0.05, 0) is 37.3 Å². The van der Waals surface area contributed by atoms with E-state index < -0.39 is 5.82 Å². The topological polar surface area (TPSA) is 80.7 Å². The Morgan fingerprint density at radius 3 is 2.74 bits per heavy atom.